The van der Waals surface area contributed by atoms with E-state index in [2.05, 4.69) is 5.32 Å². The monoisotopic (exact) mass is 494 g/mol. The molecule has 0 aromatic heterocycles. The Kier molecular flexibility index (Phi) is 7.36. The first-order chi connectivity index (χ1) is 13.6. The molecule has 2 aromatic rings. The molecule has 10 heteroatoms. The zero-order chi connectivity index (χ0) is 21.2. The van der Waals surface area contributed by atoms with Crippen molar-refractivity contribution in [3.63, 3.8) is 0 Å². The van der Waals surface area contributed by atoms with Crippen molar-refractivity contribution >= 4 is 68.0 Å². The lowest BCUT2D eigenvalue weighted by atomic mass is 9.99. The van der Waals surface area contributed by atoms with Gasteiger partial charge in [0.05, 0.1) is 11.7 Å². The maximum atomic E-state index is 12.9. The Hall–Kier alpha value is -1.02. The Morgan fingerprint density at radius 2 is 1.72 bits per heavy atom. The van der Waals surface area contributed by atoms with E-state index in [1.54, 1.807) is 30.3 Å². The molecule has 3 rings (SSSR count). The van der Waals surface area contributed by atoms with Gasteiger partial charge in [-0.25, -0.2) is 12.7 Å². The highest BCUT2D eigenvalue weighted by atomic mass is 35.5. The molecule has 1 amide bonds. The van der Waals surface area contributed by atoms with E-state index in [1.165, 1.54) is 10.4 Å². The SMILES string of the molecule is O=C(Nc1cc(Cl)cc(Cl)c1)C1CCCN(S(=O)(=O)Cc2ccc(Cl)cc2Cl)C1. The van der Waals surface area contributed by atoms with E-state index in [0.717, 1.165) is 0 Å². The van der Waals surface area contributed by atoms with Crippen LogP contribution in [0.5, 0.6) is 0 Å². The molecule has 29 heavy (non-hydrogen) atoms. The highest BCUT2D eigenvalue weighted by Gasteiger charge is 2.32. The number of halogens is 4. The van der Waals surface area contributed by atoms with Gasteiger partial charge in [-0.15, -0.1) is 0 Å². The van der Waals surface area contributed by atoms with Crippen LogP contribution >= 0.6 is 46.4 Å². The number of nitrogens with one attached hydrogen (secondary N) is 1. The first kappa shape index (κ1) is 22.7. The molecule has 1 N–H and O–H groups in total. The van der Waals surface area contributed by atoms with Crippen molar-refractivity contribution in [3.05, 3.63) is 62.1 Å². The number of anilines is 1. The summed E-state index contributed by atoms with van der Waals surface area (Å²) in [4.78, 5) is 12.7. The fourth-order valence-corrected chi connectivity index (χ4v) is 5.93. The van der Waals surface area contributed by atoms with Crippen LogP contribution in [0.1, 0.15) is 18.4 Å². The Bertz CT molecular complexity index is 1010. The molecule has 0 bridgehead atoms. The van der Waals surface area contributed by atoms with Crippen molar-refractivity contribution in [2.45, 2.75) is 18.6 Å². The van der Waals surface area contributed by atoms with Crippen molar-refractivity contribution in [2.75, 3.05) is 18.4 Å². The Morgan fingerprint density at radius 3 is 2.38 bits per heavy atom. The van der Waals surface area contributed by atoms with Crippen LogP contribution in [-0.2, 0) is 20.6 Å². The number of nitrogens with zero attached hydrogens (tertiary/aromatic N) is 1. The fourth-order valence-electron chi connectivity index (χ4n) is 3.21. The van der Waals surface area contributed by atoms with Crippen LogP contribution in [0.2, 0.25) is 20.1 Å². The fraction of sp³-hybridized carbons (Fsp3) is 0.316. The molecule has 1 aliphatic heterocycles. The average Bonchev–Trinajstić information content (AvgIpc) is 2.63. The topological polar surface area (TPSA) is 66.5 Å². The largest absolute Gasteiger partial charge is 0.326 e. The normalized spacial score (nSPS) is 17.9. The maximum absolute atomic E-state index is 12.9. The molecule has 0 saturated carbocycles. The highest BCUT2D eigenvalue weighted by Crippen LogP contribution is 2.28. The summed E-state index contributed by atoms with van der Waals surface area (Å²) in [6, 6.07) is 9.45. The number of hydrogen-bond donors (Lipinski definition) is 1. The van der Waals surface area contributed by atoms with Gasteiger partial charge in [-0.05, 0) is 48.7 Å². The van der Waals surface area contributed by atoms with Crippen LogP contribution in [0.3, 0.4) is 0 Å². The molecule has 5 nitrogen and oxygen atoms in total. The van der Waals surface area contributed by atoms with Gasteiger partial charge in [-0.3, -0.25) is 4.79 Å². The highest BCUT2D eigenvalue weighted by molar-refractivity contribution is 7.88. The molecule has 0 spiro atoms. The third-order valence-corrected chi connectivity index (χ3v) is 7.45. The number of amides is 1. The Balaban J connectivity index is 1.69. The van der Waals surface area contributed by atoms with Gasteiger partial charge >= 0.3 is 0 Å². The second-order valence-electron chi connectivity index (χ2n) is 6.84. The quantitative estimate of drug-likeness (QED) is 0.597. The first-order valence-corrected chi connectivity index (χ1v) is 11.9. The van der Waals surface area contributed by atoms with Crippen molar-refractivity contribution in [1.82, 2.24) is 4.31 Å². The molecule has 1 saturated heterocycles. The van der Waals surface area contributed by atoms with Crippen LogP contribution in [0.4, 0.5) is 5.69 Å². The summed E-state index contributed by atoms with van der Waals surface area (Å²) in [6.45, 7) is 0.466. The van der Waals surface area contributed by atoms with Gasteiger partial charge in [0.25, 0.3) is 0 Å². The van der Waals surface area contributed by atoms with Crippen LogP contribution in [0.25, 0.3) is 0 Å². The van der Waals surface area contributed by atoms with Crippen LogP contribution in [0, 0.1) is 5.92 Å². The second kappa shape index (κ2) is 9.41. The van der Waals surface area contributed by atoms with Gasteiger partial charge in [0.15, 0.2) is 0 Å². The summed E-state index contributed by atoms with van der Waals surface area (Å²) in [6.07, 6.45) is 1.18. The molecule has 1 unspecified atom stereocenters. The third-order valence-electron chi connectivity index (χ3n) is 4.63. The number of sulfonamides is 1. The molecule has 1 aliphatic rings. The lowest BCUT2D eigenvalue weighted by Gasteiger charge is -2.31. The molecule has 0 radical (unpaired) electrons. The van der Waals surface area contributed by atoms with Crippen molar-refractivity contribution in [1.29, 1.82) is 0 Å². The van der Waals surface area contributed by atoms with Gasteiger partial charge in [-0.1, -0.05) is 52.5 Å². The number of benzene rings is 2. The Labute approximate surface area is 189 Å². The molecule has 156 valence electrons. The van der Waals surface area contributed by atoms with Crippen LogP contribution in [-0.4, -0.2) is 31.7 Å². The van der Waals surface area contributed by atoms with E-state index in [9.17, 15) is 13.2 Å². The minimum absolute atomic E-state index is 0.105. The average molecular weight is 496 g/mol. The van der Waals surface area contributed by atoms with Gasteiger partial charge in [-0.2, -0.15) is 0 Å². The van der Waals surface area contributed by atoms with E-state index in [4.69, 9.17) is 46.4 Å². The van der Waals surface area contributed by atoms with E-state index in [0.29, 0.717) is 50.7 Å². The first-order valence-electron chi connectivity index (χ1n) is 8.83. The molecular weight excluding hydrogens is 478 g/mol. The van der Waals surface area contributed by atoms with Crippen molar-refractivity contribution in [3.8, 4) is 0 Å². The van der Waals surface area contributed by atoms with E-state index < -0.39 is 15.9 Å². The predicted molar refractivity (Wildman–Crippen MR) is 118 cm³/mol. The van der Waals surface area contributed by atoms with Crippen LogP contribution in [0.15, 0.2) is 36.4 Å². The second-order valence-corrected chi connectivity index (χ2v) is 10.5. The van der Waals surface area contributed by atoms with Gasteiger partial charge < -0.3 is 5.32 Å². The number of piperidine rings is 1. The molecule has 1 heterocycles. The Morgan fingerprint density at radius 1 is 1.03 bits per heavy atom. The number of carbonyl (C=O) groups is 1. The summed E-state index contributed by atoms with van der Waals surface area (Å²) < 4.78 is 27.1. The summed E-state index contributed by atoms with van der Waals surface area (Å²) in [5.74, 6) is -0.994. The van der Waals surface area contributed by atoms with Gasteiger partial charge in [0.1, 0.15) is 0 Å². The summed E-state index contributed by atoms with van der Waals surface area (Å²) in [7, 11) is -3.64. The minimum Gasteiger partial charge on any atom is -0.326 e. The lowest BCUT2D eigenvalue weighted by molar-refractivity contribution is -0.120. The molecule has 0 aliphatic carbocycles. The standard InChI is InChI=1S/C19H18Cl4N2O3S/c20-14-4-3-13(18(23)9-14)11-29(27,28)25-5-1-2-12(10-25)19(26)24-17-7-15(21)6-16(22)8-17/h3-4,6-9,12H,1-2,5,10-11H2,(H,24,26). The summed E-state index contributed by atoms with van der Waals surface area (Å²) in [5, 5.41) is 4.31. The van der Waals surface area contributed by atoms with Gasteiger partial charge in [0, 0.05) is 38.9 Å². The van der Waals surface area contributed by atoms with Gasteiger partial charge in [0.2, 0.25) is 15.9 Å². The summed E-state index contributed by atoms with van der Waals surface area (Å²) in [5.41, 5.74) is 0.941. The van der Waals surface area contributed by atoms with Crippen LogP contribution < -0.4 is 5.32 Å². The minimum atomic E-state index is -3.64. The van der Waals surface area contributed by atoms with E-state index in [-0.39, 0.29) is 18.2 Å². The smallest absolute Gasteiger partial charge is 0.228 e. The molecule has 2 aromatic carbocycles. The molecular formula is C19H18Cl4N2O3S. The van der Waals surface area contributed by atoms with E-state index >= 15 is 0 Å². The predicted octanol–water partition coefficient (Wildman–Crippen LogP) is 5.48. The van der Waals surface area contributed by atoms with Crippen molar-refractivity contribution < 1.29 is 13.2 Å². The molecule has 1 fully saturated rings. The maximum Gasteiger partial charge on any atom is 0.228 e. The number of hydrogen-bond acceptors (Lipinski definition) is 3. The lowest BCUT2D eigenvalue weighted by Crippen LogP contribution is -2.44. The molecule has 1 atom stereocenters. The summed E-state index contributed by atoms with van der Waals surface area (Å²) >= 11 is 23.9. The third kappa shape index (κ3) is 6.00. The number of rotatable bonds is 5. The van der Waals surface area contributed by atoms with E-state index in [1.807, 2.05) is 0 Å². The zero-order valence-corrected chi connectivity index (χ0v) is 19.0. The number of carbonyl (C=O) groups excluding carboxylic acids is 1. The zero-order valence-electron chi connectivity index (χ0n) is 15.2. The van der Waals surface area contributed by atoms with Crippen molar-refractivity contribution in [2.24, 2.45) is 5.92 Å².